The number of imidazole rings is 1. The van der Waals surface area contributed by atoms with Crippen molar-refractivity contribution in [2.75, 3.05) is 5.32 Å². The molecule has 0 spiro atoms. The lowest BCUT2D eigenvalue weighted by Gasteiger charge is -2.11. The highest BCUT2D eigenvalue weighted by Crippen LogP contribution is 2.24. The van der Waals surface area contributed by atoms with Crippen molar-refractivity contribution in [2.45, 2.75) is 26.9 Å². The molecule has 2 rings (SSSR count). The molecule has 1 N–H and O–H groups in total. The van der Waals surface area contributed by atoms with E-state index in [9.17, 15) is 4.39 Å². The molecule has 1 heterocycles. The predicted molar refractivity (Wildman–Crippen MR) is 74.1 cm³/mol. The van der Waals surface area contributed by atoms with E-state index in [1.165, 1.54) is 6.07 Å². The third-order valence-corrected chi connectivity index (χ3v) is 3.45. The maximum atomic E-state index is 13.5. The van der Waals surface area contributed by atoms with E-state index >= 15 is 0 Å². The molecule has 18 heavy (non-hydrogen) atoms. The van der Waals surface area contributed by atoms with Crippen molar-refractivity contribution in [3.8, 4) is 0 Å². The summed E-state index contributed by atoms with van der Waals surface area (Å²) in [4.78, 5) is 4.27. The Balaban J connectivity index is 2.13. The van der Waals surface area contributed by atoms with Crippen LogP contribution < -0.4 is 5.32 Å². The smallest absolute Gasteiger partial charge is 0.139 e. The Kier molecular flexibility index (Phi) is 4.01. The number of nitrogens with zero attached hydrogens (tertiary/aromatic N) is 2. The molecule has 3 nitrogen and oxygen atoms in total. The molecule has 96 valence electrons. The van der Waals surface area contributed by atoms with Gasteiger partial charge in [-0.05, 0) is 47.5 Å². The third kappa shape index (κ3) is 2.72. The molecule has 0 saturated carbocycles. The summed E-state index contributed by atoms with van der Waals surface area (Å²) in [6.45, 7) is 5.47. The minimum absolute atomic E-state index is 0.262. The van der Waals surface area contributed by atoms with Crippen LogP contribution in [0.1, 0.15) is 18.3 Å². The first kappa shape index (κ1) is 13.1. The summed E-state index contributed by atoms with van der Waals surface area (Å²) < 4.78 is 16.0. The molecule has 0 aliphatic rings. The van der Waals surface area contributed by atoms with E-state index in [2.05, 4.69) is 37.7 Å². The largest absolute Gasteiger partial charge is 0.378 e. The van der Waals surface area contributed by atoms with Crippen LogP contribution >= 0.6 is 15.9 Å². The van der Waals surface area contributed by atoms with Crippen LogP contribution in [0.15, 0.2) is 29.0 Å². The van der Waals surface area contributed by atoms with Crippen LogP contribution in [-0.2, 0) is 13.1 Å². The quantitative estimate of drug-likeness (QED) is 0.932. The average Bonchev–Trinajstić information content (AvgIpc) is 2.79. The van der Waals surface area contributed by atoms with Crippen molar-refractivity contribution in [1.29, 1.82) is 0 Å². The van der Waals surface area contributed by atoms with Crippen molar-refractivity contribution >= 4 is 21.6 Å². The lowest BCUT2D eigenvalue weighted by molar-refractivity contribution is 0.621. The maximum absolute atomic E-state index is 13.5. The Morgan fingerprint density at radius 1 is 1.44 bits per heavy atom. The van der Waals surface area contributed by atoms with E-state index in [0.717, 1.165) is 23.6 Å². The first-order valence-corrected chi connectivity index (χ1v) is 6.60. The van der Waals surface area contributed by atoms with Gasteiger partial charge in [-0.25, -0.2) is 9.37 Å². The fourth-order valence-corrected chi connectivity index (χ4v) is 2.26. The summed E-state index contributed by atoms with van der Waals surface area (Å²) in [5, 5.41) is 3.21. The molecule has 5 heteroatoms. The minimum atomic E-state index is -0.262. The van der Waals surface area contributed by atoms with Crippen LogP contribution in [0.3, 0.4) is 0 Å². The SMILES string of the molecule is CCn1ccnc1CNc1cc(F)c(Br)cc1C. The standard InChI is InChI=1S/C13H15BrFN3/c1-3-18-5-4-16-13(18)8-17-12-7-11(15)10(14)6-9(12)2/h4-7,17H,3,8H2,1-2H3. The van der Waals surface area contributed by atoms with Crippen LogP contribution in [0.4, 0.5) is 10.1 Å². The van der Waals surface area contributed by atoms with Gasteiger partial charge in [0.15, 0.2) is 0 Å². The second kappa shape index (κ2) is 5.52. The van der Waals surface area contributed by atoms with Gasteiger partial charge in [-0.15, -0.1) is 0 Å². The number of aryl methyl sites for hydroxylation is 2. The molecule has 1 aromatic carbocycles. The van der Waals surface area contributed by atoms with Gasteiger partial charge < -0.3 is 9.88 Å². The van der Waals surface area contributed by atoms with E-state index in [1.54, 1.807) is 12.3 Å². The highest BCUT2D eigenvalue weighted by atomic mass is 79.9. The monoisotopic (exact) mass is 311 g/mol. The second-order valence-corrected chi connectivity index (χ2v) is 4.92. The molecule has 0 aliphatic carbocycles. The summed E-state index contributed by atoms with van der Waals surface area (Å²) in [6, 6.07) is 3.27. The van der Waals surface area contributed by atoms with E-state index in [4.69, 9.17) is 0 Å². The third-order valence-electron chi connectivity index (χ3n) is 2.85. The fourth-order valence-electron chi connectivity index (χ4n) is 1.81. The Labute approximate surface area is 114 Å². The zero-order valence-electron chi connectivity index (χ0n) is 10.4. The summed E-state index contributed by atoms with van der Waals surface area (Å²) in [6.07, 6.45) is 3.71. The number of rotatable bonds is 4. The molecule has 0 unspecified atom stereocenters. The van der Waals surface area contributed by atoms with Crippen LogP contribution in [0.5, 0.6) is 0 Å². The van der Waals surface area contributed by atoms with Crippen molar-refractivity contribution in [3.05, 3.63) is 46.2 Å². The topological polar surface area (TPSA) is 29.9 Å². The van der Waals surface area contributed by atoms with Gasteiger partial charge in [-0.3, -0.25) is 0 Å². The number of benzene rings is 1. The van der Waals surface area contributed by atoms with E-state index in [-0.39, 0.29) is 5.82 Å². The molecule has 0 bridgehead atoms. The minimum Gasteiger partial charge on any atom is -0.378 e. The van der Waals surface area contributed by atoms with Gasteiger partial charge in [0.05, 0.1) is 11.0 Å². The number of hydrogen-bond acceptors (Lipinski definition) is 2. The molecule has 0 amide bonds. The number of hydrogen-bond donors (Lipinski definition) is 1. The predicted octanol–water partition coefficient (Wildman–Crippen LogP) is 3.73. The number of nitrogens with one attached hydrogen (secondary N) is 1. The number of anilines is 1. The van der Waals surface area contributed by atoms with Gasteiger partial charge >= 0.3 is 0 Å². The Morgan fingerprint density at radius 3 is 2.94 bits per heavy atom. The highest BCUT2D eigenvalue weighted by Gasteiger charge is 2.06. The lowest BCUT2D eigenvalue weighted by atomic mass is 10.2. The highest BCUT2D eigenvalue weighted by molar-refractivity contribution is 9.10. The molecule has 0 fully saturated rings. The molecule has 0 atom stereocenters. The van der Waals surface area contributed by atoms with Crippen LogP contribution in [0.2, 0.25) is 0 Å². The number of halogens is 2. The Bertz CT molecular complexity index is 551. The molecular weight excluding hydrogens is 297 g/mol. The van der Waals surface area contributed by atoms with Crippen molar-refractivity contribution in [1.82, 2.24) is 9.55 Å². The van der Waals surface area contributed by atoms with Gasteiger partial charge in [0.1, 0.15) is 11.6 Å². The Morgan fingerprint density at radius 2 is 2.22 bits per heavy atom. The summed E-state index contributed by atoms with van der Waals surface area (Å²) in [5.41, 5.74) is 1.79. The van der Waals surface area contributed by atoms with E-state index in [0.29, 0.717) is 11.0 Å². The van der Waals surface area contributed by atoms with Gasteiger partial charge in [0, 0.05) is 24.6 Å². The van der Waals surface area contributed by atoms with Crippen molar-refractivity contribution < 1.29 is 4.39 Å². The van der Waals surface area contributed by atoms with E-state index in [1.807, 2.05) is 13.1 Å². The zero-order chi connectivity index (χ0) is 13.1. The van der Waals surface area contributed by atoms with Crippen molar-refractivity contribution in [3.63, 3.8) is 0 Å². The molecule has 0 radical (unpaired) electrons. The lowest BCUT2D eigenvalue weighted by Crippen LogP contribution is -2.08. The summed E-state index contributed by atoms with van der Waals surface area (Å²) in [5.74, 6) is 0.683. The Hall–Kier alpha value is -1.36. The van der Waals surface area contributed by atoms with Gasteiger partial charge in [0.25, 0.3) is 0 Å². The first-order valence-electron chi connectivity index (χ1n) is 5.81. The zero-order valence-corrected chi connectivity index (χ0v) is 12.0. The maximum Gasteiger partial charge on any atom is 0.139 e. The fraction of sp³-hybridized carbons (Fsp3) is 0.308. The normalized spacial score (nSPS) is 10.7. The number of aromatic nitrogens is 2. The molecule has 1 aromatic heterocycles. The first-order chi connectivity index (χ1) is 8.61. The van der Waals surface area contributed by atoms with Gasteiger partial charge in [-0.1, -0.05) is 0 Å². The average molecular weight is 312 g/mol. The summed E-state index contributed by atoms with van der Waals surface area (Å²) in [7, 11) is 0. The van der Waals surface area contributed by atoms with E-state index < -0.39 is 0 Å². The van der Waals surface area contributed by atoms with Crippen LogP contribution in [0.25, 0.3) is 0 Å². The van der Waals surface area contributed by atoms with Crippen LogP contribution in [0, 0.1) is 12.7 Å². The molecular formula is C13H15BrFN3. The summed E-state index contributed by atoms with van der Waals surface area (Å²) >= 11 is 3.17. The van der Waals surface area contributed by atoms with Crippen molar-refractivity contribution in [2.24, 2.45) is 0 Å². The van der Waals surface area contributed by atoms with Crippen LogP contribution in [-0.4, -0.2) is 9.55 Å². The molecule has 2 aromatic rings. The molecule has 0 aliphatic heterocycles. The van der Waals surface area contributed by atoms with Gasteiger partial charge in [-0.2, -0.15) is 0 Å². The van der Waals surface area contributed by atoms with Gasteiger partial charge in [0.2, 0.25) is 0 Å². The second-order valence-electron chi connectivity index (χ2n) is 4.06. The molecule has 0 saturated heterocycles.